The summed E-state index contributed by atoms with van der Waals surface area (Å²) in [5.41, 5.74) is 0.548. The number of hydrogen-bond acceptors (Lipinski definition) is 3. The van der Waals surface area contributed by atoms with Gasteiger partial charge in [-0.15, -0.1) is 12.4 Å². The zero-order chi connectivity index (χ0) is 14.4. The quantitative estimate of drug-likeness (QED) is 0.871. The molecule has 0 aromatic heterocycles. The van der Waals surface area contributed by atoms with Gasteiger partial charge in [0, 0.05) is 19.1 Å². The number of piperidine rings is 1. The summed E-state index contributed by atoms with van der Waals surface area (Å²) < 4.78 is 5.34. The normalized spacial score (nSPS) is 16.9. The van der Waals surface area contributed by atoms with Crippen LogP contribution < -0.4 is 10.6 Å². The van der Waals surface area contributed by atoms with Crippen LogP contribution in [0.3, 0.4) is 0 Å². The second-order valence-corrected chi connectivity index (χ2v) is 5.75. The average Bonchev–Trinajstić information content (AvgIpc) is 2.47. The number of hydrogen-bond donors (Lipinski definition) is 2. The van der Waals surface area contributed by atoms with Gasteiger partial charge in [-0.05, 0) is 38.1 Å². The standard InChI is InChI=1S/C15H21ClN2O2.ClH/c1-20-11-15(6-8-17-9-7-15)10-18-14(19)12-4-2-3-5-13(12)16;/h2-5,17H,6-11H2,1H3,(H,18,19);1H. The Bertz CT molecular complexity index is 457. The van der Waals surface area contributed by atoms with E-state index in [1.54, 1.807) is 19.2 Å². The highest BCUT2D eigenvalue weighted by atomic mass is 35.5. The summed E-state index contributed by atoms with van der Waals surface area (Å²) in [6, 6.07) is 7.10. The number of nitrogens with one attached hydrogen (secondary N) is 2. The molecule has 1 saturated heterocycles. The van der Waals surface area contributed by atoms with Crippen LogP contribution in [-0.2, 0) is 4.74 Å². The summed E-state index contributed by atoms with van der Waals surface area (Å²) in [5, 5.41) is 6.82. The molecule has 0 radical (unpaired) electrons. The number of carbonyl (C=O) groups is 1. The topological polar surface area (TPSA) is 50.4 Å². The molecule has 0 aliphatic carbocycles. The summed E-state index contributed by atoms with van der Waals surface area (Å²) in [7, 11) is 1.71. The molecule has 6 heteroatoms. The molecule has 1 fully saturated rings. The fourth-order valence-electron chi connectivity index (χ4n) is 2.64. The third kappa shape index (κ3) is 4.85. The van der Waals surface area contributed by atoms with Crippen molar-refractivity contribution in [3.05, 3.63) is 34.9 Å². The molecular weight excluding hydrogens is 311 g/mol. The molecule has 21 heavy (non-hydrogen) atoms. The van der Waals surface area contributed by atoms with E-state index in [4.69, 9.17) is 16.3 Å². The van der Waals surface area contributed by atoms with Crippen molar-refractivity contribution >= 4 is 29.9 Å². The van der Waals surface area contributed by atoms with E-state index in [0.717, 1.165) is 25.9 Å². The smallest absolute Gasteiger partial charge is 0.252 e. The van der Waals surface area contributed by atoms with Gasteiger partial charge in [-0.25, -0.2) is 0 Å². The molecule has 4 nitrogen and oxygen atoms in total. The first kappa shape index (κ1) is 18.2. The van der Waals surface area contributed by atoms with E-state index in [2.05, 4.69) is 10.6 Å². The maximum absolute atomic E-state index is 12.2. The predicted molar refractivity (Wildman–Crippen MR) is 87.4 cm³/mol. The molecule has 0 saturated carbocycles. The molecule has 1 heterocycles. The number of ether oxygens (including phenoxy) is 1. The lowest BCUT2D eigenvalue weighted by atomic mass is 9.79. The number of methoxy groups -OCH3 is 1. The highest BCUT2D eigenvalue weighted by Gasteiger charge is 2.32. The highest BCUT2D eigenvalue weighted by molar-refractivity contribution is 6.33. The molecule has 0 unspecified atom stereocenters. The Labute approximate surface area is 137 Å². The molecule has 0 spiro atoms. The summed E-state index contributed by atoms with van der Waals surface area (Å²) in [6.07, 6.45) is 2.01. The van der Waals surface area contributed by atoms with Crippen molar-refractivity contribution in [2.45, 2.75) is 12.8 Å². The van der Waals surface area contributed by atoms with Crippen molar-refractivity contribution < 1.29 is 9.53 Å². The van der Waals surface area contributed by atoms with E-state index >= 15 is 0 Å². The fourth-order valence-corrected chi connectivity index (χ4v) is 2.87. The Balaban J connectivity index is 0.00000220. The van der Waals surface area contributed by atoms with Gasteiger partial charge in [0.15, 0.2) is 0 Å². The molecule has 0 bridgehead atoms. The molecule has 0 atom stereocenters. The molecule has 1 aliphatic heterocycles. The van der Waals surface area contributed by atoms with Crippen molar-refractivity contribution in [2.24, 2.45) is 5.41 Å². The van der Waals surface area contributed by atoms with Crippen LogP contribution in [0, 0.1) is 5.41 Å². The minimum atomic E-state index is -0.121. The molecule has 2 rings (SSSR count). The molecule has 1 aromatic carbocycles. The SMILES string of the molecule is COCC1(CNC(=O)c2ccccc2Cl)CCNCC1.Cl. The van der Waals surface area contributed by atoms with Gasteiger partial charge in [0.25, 0.3) is 5.91 Å². The van der Waals surface area contributed by atoms with Gasteiger partial charge < -0.3 is 15.4 Å². The zero-order valence-electron chi connectivity index (χ0n) is 12.2. The number of halogens is 2. The van der Waals surface area contributed by atoms with E-state index in [1.807, 2.05) is 12.1 Å². The maximum Gasteiger partial charge on any atom is 0.252 e. The van der Waals surface area contributed by atoms with Crippen LogP contribution >= 0.6 is 24.0 Å². The van der Waals surface area contributed by atoms with Crippen LogP contribution in [0.2, 0.25) is 5.02 Å². The lowest BCUT2D eigenvalue weighted by Crippen LogP contribution is -2.47. The van der Waals surface area contributed by atoms with Crippen molar-refractivity contribution in [3.8, 4) is 0 Å². The first-order valence-corrected chi connectivity index (χ1v) is 7.27. The van der Waals surface area contributed by atoms with Crippen LogP contribution in [0.15, 0.2) is 24.3 Å². The second kappa shape index (κ2) is 8.59. The predicted octanol–water partition coefficient (Wildman–Crippen LogP) is 2.51. The zero-order valence-corrected chi connectivity index (χ0v) is 13.7. The Kier molecular flexibility index (Phi) is 7.46. The molecule has 1 aliphatic rings. The first-order valence-electron chi connectivity index (χ1n) is 6.89. The lowest BCUT2D eigenvalue weighted by Gasteiger charge is -2.37. The van der Waals surface area contributed by atoms with E-state index in [1.165, 1.54) is 0 Å². The minimum Gasteiger partial charge on any atom is -0.384 e. The van der Waals surface area contributed by atoms with Crippen LogP contribution in [-0.4, -0.2) is 39.3 Å². The van der Waals surface area contributed by atoms with Crippen molar-refractivity contribution in [1.29, 1.82) is 0 Å². The van der Waals surface area contributed by atoms with Crippen molar-refractivity contribution in [3.63, 3.8) is 0 Å². The van der Waals surface area contributed by atoms with E-state index < -0.39 is 0 Å². The third-order valence-electron chi connectivity index (χ3n) is 3.86. The molecule has 118 valence electrons. The van der Waals surface area contributed by atoms with Gasteiger partial charge in [0.2, 0.25) is 0 Å². The van der Waals surface area contributed by atoms with Gasteiger partial charge in [0.1, 0.15) is 0 Å². The van der Waals surface area contributed by atoms with Crippen LogP contribution in [0.5, 0.6) is 0 Å². The number of benzene rings is 1. The molecule has 1 amide bonds. The third-order valence-corrected chi connectivity index (χ3v) is 4.19. The van der Waals surface area contributed by atoms with Crippen molar-refractivity contribution in [2.75, 3.05) is 33.4 Å². The number of rotatable bonds is 5. The number of amides is 1. The molecule has 1 aromatic rings. The fraction of sp³-hybridized carbons (Fsp3) is 0.533. The van der Waals surface area contributed by atoms with Crippen LogP contribution in [0.4, 0.5) is 0 Å². The molecule has 2 N–H and O–H groups in total. The lowest BCUT2D eigenvalue weighted by molar-refractivity contribution is 0.0512. The maximum atomic E-state index is 12.2. The van der Waals surface area contributed by atoms with Gasteiger partial charge in [0.05, 0.1) is 17.2 Å². The summed E-state index contributed by atoms with van der Waals surface area (Å²) in [5.74, 6) is -0.121. The Morgan fingerprint density at radius 2 is 2.05 bits per heavy atom. The Morgan fingerprint density at radius 3 is 2.67 bits per heavy atom. The number of carbonyl (C=O) groups excluding carboxylic acids is 1. The van der Waals surface area contributed by atoms with Gasteiger partial charge in [-0.3, -0.25) is 4.79 Å². The Hall–Kier alpha value is -0.810. The van der Waals surface area contributed by atoms with Crippen LogP contribution in [0.1, 0.15) is 23.2 Å². The summed E-state index contributed by atoms with van der Waals surface area (Å²) in [4.78, 5) is 12.2. The van der Waals surface area contributed by atoms with Crippen LogP contribution in [0.25, 0.3) is 0 Å². The largest absolute Gasteiger partial charge is 0.384 e. The summed E-state index contributed by atoms with van der Waals surface area (Å²) in [6.45, 7) is 3.21. The minimum absolute atomic E-state index is 0. The van der Waals surface area contributed by atoms with E-state index in [0.29, 0.717) is 23.7 Å². The highest BCUT2D eigenvalue weighted by Crippen LogP contribution is 2.28. The Morgan fingerprint density at radius 1 is 1.38 bits per heavy atom. The van der Waals surface area contributed by atoms with Crippen molar-refractivity contribution in [1.82, 2.24) is 10.6 Å². The van der Waals surface area contributed by atoms with E-state index in [-0.39, 0.29) is 23.7 Å². The second-order valence-electron chi connectivity index (χ2n) is 5.35. The monoisotopic (exact) mass is 332 g/mol. The summed E-state index contributed by atoms with van der Waals surface area (Å²) >= 11 is 6.04. The van der Waals surface area contributed by atoms with Gasteiger partial charge >= 0.3 is 0 Å². The van der Waals surface area contributed by atoms with Gasteiger partial charge in [-0.1, -0.05) is 23.7 Å². The van der Waals surface area contributed by atoms with E-state index in [9.17, 15) is 4.79 Å². The molecular formula is C15H22Cl2N2O2. The average molecular weight is 333 g/mol. The van der Waals surface area contributed by atoms with Gasteiger partial charge in [-0.2, -0.15) is 0 Å². The first-order chi connectivity index (χ1) is 9.67.